The van der Waals surface area contributed by atoms with E-state index in [1.54, 1.807) is 0 Å². The minimum absolute atomic E-state index is 0.152. The Labute approximate surface area is 53.6 Å². The third kappa shape index (κ3) is 1.22. The number of ether oxygens (including phenoxy) is 1. The van der Waals surface area contributed by atoms with Crippen LogP contribution in [-0.2, 0) is 4.74 Å². The molecule has 0 saturated carbocycles. The van der Waals surface area contributed by atoms with Crippen molar-refractivity contribution in [3.05, 3.63) is 0 Å². The molecular weight excluding hydrogens is 123 g/mol. The molecule has 0 bridgehead atoms. The number of halogens is 1. The first-order valence-corrected chi connectivity index (χ1v) is 3.19. The van der Waals surface area contributed by atoms with E-state index in [9.17, 15) is 4.39 Å². The first-order valence-electron chi connectivity index (χ1n) is 3.19. The first-order chi connectivity index (χ1) is 4.25. The molecule has 3 heteroatoms. The molecule has 0 aromatic carbocycles. The van der Waals surface area contributed by atoms with Gasteiger partial charge in [-0.1, -0.05) is 6.92 Å². The van der Waals surface area contributed by atoms with E-state index in [0.29, 0.717) is 6.42 Å². The zero-order valence-electron chi connectivity index (χ0n) is 5.38. The molecule has 1 aliphatic rings. The lowest BCUT2D eigenvalue weighted by Crippen LogP contribution is -2.24. The fourth-order valence-corrected chi connectivity index (χ4v) is 0.997. The van der Waals surface area contributed by atoms with E-state index in [4.69, 9.17) is 9.84 Å². The summed E-state index contributed by atoms with van der Waals surface area (Å²) in [5.74, 6) is 0. The monoisotopic (exact) mass is 134 g/mol. The van der Waals surface area contributed by atoms with Crippen molar-refractivity contribution >= 4 is 0 Å². The minimum Gasteiger partial charge on any atom is -0.388 e. The number of hydrogen-bond donors (Lipinski definition) is 1. The van der Waals surface area contributed by atoms with E-state index in [2.05, 4.69) is 0 Å². The normalized spacial score (nSPS) is 43.7. The van der Waals surface area contributed by atoms with Crippen molar-refractivity contribution in [1.82, 2.24) is 0 Å². The minimum atomic E-state index is -1.17. The van der Waals surface area contributed by atoms with Crippen molar-refractivity contribution in [3.8, 4) is 0 Å². The topological polar surface area (TPSA) is 29.5 Å². The first kappa shape index (κ1) is 6.96. The number of aliphatic hydroxyl groups is 1. The molecule has 1 aliphatic heterocycles. The van der Waals surface area contributed by atoms with E-state index < -0.39 is 12.3 Å². The maximum absolute atomic E-state index is 12.6. The van der Waals surface area contributed by atoms with Crippen LogP contribution in [0.15, 0.2) is 0 Å². The van der Waals surface area contributed by atoms with Crippen molar-refractivity contribution in [2.75, 3.05) is 6.61 Å². The number of hydrogen-bond acceptors (Lipinski definition) is 2. The summed E-state index contributed by atoms with van der Waals surface area (Å²) in [5, 5.41) is 8.80. The molecule has 9 heavy (non-hydrogen) atoms. The van der Waals surface area contributed by atoms with Crippen molar-refractivity contribution < 1.29 is 14.2 Å². The fraction of sp³-hybridized carbons (Fsp3) is 1.00. The SMILES string of the molecule is CC[C@H]1OC[C@H](O)[C@@H]1F. The van der Waals surface area contributed by atoms with Crippen LogP contribution in [-0.4, -0.2) is 30.1 Å². The van der Waals surface area contributed by atoms with E-state index in [0.717, 1.165) is 0 Å². The maximum atomic E-state index is 12.6. The summed E-state index contributed by atoms with van der Waals surface area (Å²) in [7, 11) is 0. The van der Waals surface area contributed by atoms with Gasteiger partial charge in [0.15, 0.2) is 6.17 Å². The molecule has 0 unspecified atom stereocenters. The summed E-state index contributed by atoms with van der Waals surface area (Å²) in [4.78, 5) is 0. The Balaban J connectivity index is 2.41. The Bertz CT molecular complexity index is 97.1. The highest BCUT2D eigenvalue weighted by atomic mass is 19.1. The smallest absolute Gasteiger partial charge is 0.154 e. The average Bonchev–Trinajstić information content (AvgIpc) is 2.15. The van der Waals surface area contributed by atoms with Crippen LogP contribution in [0.1, 0.15) is 13.3 Å². The maximum Gasteiger partial charge on any atom is 0.154 e. The molecule has 0 aromatic rings. The van der Waals surface area contributed by atoms with Gasteiger partial charge in [0.25, 0.3) is 0 Å². The molecule has 1 fully saturated rings. The Morgan fingerprint density at radius 2 is 2.44 bits per heavy atom. The van der Waals surface area contributed by atoms with E-state index in [1.165, 1.54) is 0 Å². The lowest BCUT2D eigenvalue weighted by atomic mass is 10.1. The van der Waals surface area contributed by atoms with Gasteiger partial charge in [0.05, 0.1) is 12.7 Å². The van der Waals surface area contributed by atoms with Crippen LogP contribution >= 0.6 is 0 Å². The van der Waals surface area contributed by atoms with Gasteiger partial charge in [0.1, 0.15) is 6.10 Å². The van der Waals surface area contributed by atoms with E-state index in [1.807, 2.05) is 6.92 Å². The summed E-state index contributed by atoms with van der Waals surface area (Å²) in [5.41, 5.74) is 0. The van der Waals surface area contributed by atoms with Gasteiger partial charge < -0.3 is 9.84 Å². The second kappa shape index (κ2) is 2.62. The second-order valence-corrected chi connectivity index (χ2v) is 2.29. The van der Waals surface area contributed by atoms with Gasteiger partial charge in [-0.25, -0.2) is 4.39 Å². The third-order valence-corrected chi connectivity index (χ3v) is 1.61. The average molecular weight is 134 g/mol. The molecule has 0 spiro atoms. The Hall–Kier alpha value is -0.150. The molecule has 0 amide bonds. The quantitative estimate of drug-likeness (QED) is 0.565. The lowest BCUT2D eigenvalue weighted by Gasteiger charge is -2.08. The van der Waals surface area contributed by atoms with Gasteiger partial charge in [-0.05, 0) is 6.42 Å². The molecule has 54 valence electrons. The highest BCUT2D eigenvalue weighted by Gasteiger charge is 2.34. The molecule has 0 aliphatic carbocycles. The van der Waals surface area contributed by atoms with Crippen molar-refractivity contribution in [1.29, 1.82) is 0 Å². The van der Waals surface area contributed by atoms with Crippen LogP contribution < -0.4 is 0 Å². The summed E-state index contributed by atoms with van der Waals surface area (Å²) in [6.07, 6.45) is -1.80. The predicted octanol–water partition coefficient (Wildman–Crippen LogP) is 0.494. The largest absolute Gasteiger partial charge is 0.388 e. The fourth-order valence-electron chi connectivity index (χ4n) is 0.997. The molecule has 0 aromatic heterocycles. The Morgan fingerprint density at radius 1 is 1.78 bits per heavy atom. The van der Waals surface area contributed by atoms with E-state index >= 15 is 0 Å². The van der Waals surface area contributed by atoms with Crippen LogP contribution in [0.25, 0.3) is 0 Å². The Morgan fingerprint density at radius 3 is 2.67 bits per heavy atom. The molecule has 1 N–H and O–H groups in total. The zero-order chi connectivity index (χ0) is 6.85. The summed E-state index contributed by atoms with van der Waals surface area (Å²) >= 11 is 0. The van der Waals surface area contributed by atoms with Crippen LogP contribution in [0.5, 0.6) is 0 Å². The highest BCUT2D eigenvalue weighted by molar-refractivity contribution is 4.82. The van der Waals surface area contributed by atoms with E-state index in [-0.39, 0.29) is 12.7 Å². The van der Waals surface area contributed by atoms with Crippen LogP contribution in [0.4, 0.5) is 4.39 Å². The molecule has 1 rings (SSSR count). The second-order valence-electron chi connectivity index (χ2n) is 2.29. The van der Waals surface area contributed by atoms with Crippen molar-refractivity contribution in [3.63, 3.8) is 0 Å². The molecule has 0 radical (unpaired) electrons. The van der Waals surface area contributed by atoms with Crippen LogP contribution in [0.2, 0.25) is 0 Å². The van der Waals surface area contributed by atoms with Crippen LogP contribution in [0, 0.1) is 0 Å². The van der Waals surface area contributed by atoms with Gasteiger partial charge in [0.2, 0.25) is 0 Å². The van der Waals surface area contributed by atoms with Crippen molar-refractivity contribution in [2.45, 2.75) is 31.7 Å². The number of aliphatic hydroxyl groups excluding tert-OH is 1. The van der Waals surface area contributed by atoms with Gasteiger partial charge in [-0.2, -0.15) is 0 Å². The van der Waals surface area contributed by atoms with Crippen LogP contribution in [0.3, 0.4) is 0 Å². The van der Waals surface area contributed by atoms with Crippen molar-refractivity contribution in [2.24, 2.45) is 0 Å². The standard InChI is InChI=1S/C6H11FO2/c1-2-5-6(7)4(8)3-9-5/h4-6,8H,2-3H2,1H3/t4-,5+,6-/m0/s1. The van der Waals surface area contributed by atoms with Gasteiger partial charge in [-0.3, -0.25) is 0 Å². The predicted molar refractivity (Wildman–Crippen MR) is 30.9 cm³/mol. The molecule has 1 heterocycles. The zero-order valence-corrected chi connectivity index (χ0v) is 5.38. The van der Waals surface area contributed by atoms with Gasteiger partial charge >= 0.3 is 0 Å². The summed E-state index contributed by atoms with van der Waals surface area (Å²) in [6, 6.07) is 0. The molecular formula is C6H11FO2. The Kier molecular flexibility index (Phi) is 2.03. The van der Waals surface area contributed by atoms with Gasteiger partial charge in [0, 0.05) is 0 Å². The number of rotatable bonds is 1. The summed E-state index contributed by atoms with van der Waals surface area (Å²) < 4.78 is 17.5. The van der Waals surface area contributed by atoms with Gasteiger partial charge in [-0.15, -0.1) is 0 Å². The molecule has 2 nitrogen and oxygen atoms in total. The molecule has 1 saturated heterocycles. The third-order valence-electron chi connectivity index (χ3n) is 1.61. The molecule has 3 atom stereocenters. The highest BCUT2D eigenvalue weighted by Crippen LogP contribution is 2.19. The number of alkyl halides is 1. The summed E-state index contributed by atoms with van der Waals surface area (Å²) in [6.45, 7) is 2.00. The lowest BCUT2D eigenvalue weighted by molar-refractivity contribution is 0.0750.